The van der Waals surface area contributed by atoms with Gasteiger partial charge in [0, 0.05) is 40.5 Å². The van der Waals surface area contributed by atoms with Crippen molar-refractivity contribution in [1.82, 2.24) is 10.3 Å². The van der Waals surface area contributed by atoms with Crippen molar-refractivity contribution in [2.45, 2.75) is 25.3 Å². The number of aromatic amines is 1. The summed E-state index contributed by atoms with van der Waals surface area (Å²) in [4.78, 5) is 16.2. The number of ether oxygens (including phenoxy) is 2. The van der Waals surface area contributed by atoms with E-state index in [9.17, 15) is 13.2 Å². The molecule has 1 amide bonds. The molecule has 0 aliphatic carbocycles. The van der Waals surface area contributed by atoms with Crippen LogP contribution >= 0.6 is 0 Å². The van der Waals surface area contributed by atoms with E-state index in [-0.39, 0.29) is 16.5 Å². The van der Waals surface area contributed by atoms with E-state index in [0.29, 0.717) is 36.8 Å². The number of hydrogen-bond donors (Lipinski definition) is 3. The van der Waals surface area contributed by atoms with Crippen LogP contribution in [-0.4, -0.2) is 32.5 Å². The monoisotopic (exact) mass is 491 g/mol. The first-order valence-electron chi connectivity index (χ1n) is 11.2. The number of carbonyl (C=O) groups excluding carboxylic acids is 1. The van der Waals surface area contributed by atoms with Crippen molar-refractivity contribution in [3.8, 4) is 11.5 Å². The Kier molecular flexibility index (Phi) is 5.86. The summed E-state index contributed by atoms with van der Waals surface area (Å²) >= 11 is 0. The van der Waals surface area contributed by atoms with Gasteiger partial charge in [-0.25, -0.2) is 8.42 Å². The van der Waals surface area contributed by atoms with Gasteiger partial charge in [-0.1, -0.05) is 12.1 Å². The minimum atomic E-state index is -3.89. The van der Waals surface area contributed by atoms with E-state index in [1.807, 2.05) is 19.1 Å². The van der Waals surface area contributed by atoms with Gasteiger partial charge in [0.15, 0.2) is 11.5 Å². The van der Waals surface area contributed by atoms with Crippen LogP contribution in [0, 0.1) is 13.8 Å². The highest BCUT2D eigenvalue weighted by molar-refractivity contribution is 7.92. The Bertz CT molecular complexity index is 1540. The van der Waals surface area contributed by atoms with Crippen molar-refractivity contribution in [3.63, 3.8) is 0 Å². The Morgan fingerprint density at radius 1 is 0.971 bits per heavy atom. The molecule has 0 atom stereocenters. The van der Waals surface area contributed by atoms with Crippen LogP contribution < -0.4 is 19.5 Å². The average Bonchev–Trinajstić information content (AvgIpc) is 3.15. The quantitative estimate of drug-likeness (QED) is 0.373. The number of aromatic nitrogens is 1. The maximum absolute atomic E-state index is 12.9. The minimum Gasteiger partial charge on any atom is -0.486 e. The van der Waals surface area contributed by atoms with Crippen LogP contribution in [0.4, 0.5) is 5.69 Å². The highest BCUT2D eigenvalue weighted by Crippen LogP contribution is 2.32. The molecule has 9 heteroatoms. The molecule has 180 valence electrons. The van der Waals surface area contributed by atoms with Crippen molar-refractivity contribution in [1.29, 1.82) is 0 Å². The van der Waals surface area contributed by atoms with Gasteiger partial charge in [0.1, 0.15) is 13.2 Å². The van der Waals surface area contributed by atoms with E-state index in [0.717, 1.165) is 22.2 Å². The molecule has 1 aliphatic rings. The second-order valence-corrected chi connectivity index (χ2v) is 10.1. The molecule has 0 saturated carbocycles. The summed E-state index contributed by atoms with van der Waals surface area (Å²) in [6.45, 7) is 5.23. The summed E-state index contributed by atoms with van der Waals surface area (Å²) in [5, 5.41) is 4.03. The predicted octanol–water partition coefficient (Wildman–Crippen LogP) is 4.29. The number of carbonyl (C=O) groups is 1. The predicted molar refractivity (Wildman–Crippen MR) is 134 cm³/mol. The van der Waals surface area contributed by atoms with Crippen LogP contribution in [0.2, 0.25) is 0 Å². The molecule has 0 radical (unpaired) electrons. The Labute approximate surface area is 203 Å². The number of benzene rings is 3. The Balaban J connectivity index is 1.28. The number of sulfonamides is 1. The minimum absolute atomic E-state index is 0.0438. The Morgan fingerprint density at radius 2 is 1.77 bits per heavy atom. The molecule has 1 aliphatic heterocycles. The lowest BCUT2D eigenvalue weighted by Gasteiger charge is -2.19. The molecule has 8 nitrogen and oxygen atoms in total. The molecular formula is C26H25N3O5S. The van der Waals surface area contributed by atoms with E-state index >= 15 is 0 Å². The molecule has 2 heterocycles. The molecule has 3 aromatic carbocycles. The van der Waals surface area contributed by atoms with Gasteiger partial charge in [0.2, 0.25) is 0 Å². The van der Waals surface area contributed by atoms with Crippen LogP contribution in [0.15, 0.2) is 65.6 Å². The number of nitrogens with one attached hydrogen (secondary N) is 3. The van der Waals surface area contributed by atoms with Crippen molar-refractivity contribution < 1.29 is 22.7 Å². The number of amides is 1. The Morgan fingerprint density at radius 3 is 2.60 bits per heavy atom. The van der Waals surface area contributed by atoms with Crippen LogP contribution in [0.1, 0.15) is 27.2 Å². The van der Waals surface area contributed by atoms with E-state index in [1.165, 1.54) is 23.8 Å². The fourth-order valence-corrected chi connectivity index (χ4v) is 5.10. The van der Waals surface area contributed by atoms with Gasteiger partial charge in [-0.05, 0) is 67.4 Å². The van der Waals surface area contributed by atoms with Crippen molar-refractivity contribution >= 4 is 32.5 Å². The van der Waals surface area contributed by atoms with Gasteiger partial charge in [-0.3, -0.25) is 9.52 Å². The summed E-state index contributed by atoms with van der Waals surface area (Å²) in [5.74, 6) is 0.595. The molecule has 3 N–H and O–H groups in total. The zero-order valence-electron chi connectivity index (χ0n) is 19.3. The number of fused-ring (bicyclic) bond motifs is 2. The Hall–Kier alpha value is -3.98. The molecule has 4 aromatic rings. The van der Waals surface area contributed by atoms with Gasteiger partial charge in [-0.15, -0.1) is 0 Å². The van der Waals surface area contributed by atoms with E-state index in [4.69, 9.17) is 9.47 Å². The molecule has 1 aromatic heterocycles. The molecule has 0 unspecified atom stereocenters. The molecule has 0 fully saturated rings. The van der Waals surface area contributed by atoms with Gasteiger partial charge >= 0.3 is 0 Å². The van der Waals surface area contributed by atoms with E-state index in [1.54, 1.807) is 24.3 Å². The number of hydrogen-bond acceptors (Lipinski definition) is 5. The fourth-order valence-electron chi connectivity index (χ4n) is 4.03. The van der Waals surface area contributed by atoms with E-state index in [2.05, 4.69) is 28.0 Å². The largest absolute Gasteiger partial charge is 0.486 e. The van der Waals surface area contributed by atoms with Crippen LogP contribution in [-0.2, 0) is 16.6 Å². The first-order valence-corrected chi connectivity index (χ1v) is 12.7. The highest BCUT2D eigenvalue weighted by atomic mass is 32.2. The zero-order chi connectivity index (χ0) is 24.6. The summed E-state index contributed by atoms with van der Waals surface area (Å²) in [5.41, 5.74) is 4.98. The third kappa shape index (κ3) is 4.67. The molecule has 5 rings (SSSR count). The second kappa shape index (κ2) is 8.99. The SMILES string of the molecule is Cc1[nH]c2ccc(CNC(=O)c3cccc(NS(=O)(=O)c4ccc5c(c4)OCCO5)c3)cc2c1C. The van der Waals surface area contributed by atoms with Crippen molar-refractivity contribution in [2.75, 3.05) is 17.9 Å². The van der Waals surface area contributed by atoms with Crippen molar-refractivity contribution in [3.05, 3.63) is 83.0 Å². The molecule has 35 heavy (non-hydrogen) atoms. The molecule has 0 saturated heterocycles. The molecular weight excluding hydrogens is 466 g/mol. The van der Waals surface area contributed by atoms with E-state index < -0.39 is 10.0 Å². The number of H-pyrrole nitrogens is 1. The fraction of sp³-hybridized carbons (Fsp3) is 0.192. The van der Waals surface area contributed by atoms with Crippen LogP contribution in [0.5, 0.6) is 11.5 Å². The first kappa shape index (κ1) is 22.8. The average molecular weight is 492 g/mol. The highest BCUT2D eigenvalue weighted by Gasteiger charge is 2.20. The van der Waals surface area contributed by atoms with Gasteiger partial charge < -0.3 is 19.8 Å². The maximum atomic E-state index is 12.9. The molecule has 0 bridgehead atoms. The lowest BCUT2D eigenvalue weighted by atomic mass is 10.1. The smallest absolute Gasteiger partial charge is 0.262 e. The van der Waals surface area contributed by atoms with Crippen molar-refractivity contribution in [2.24, 2.45) is 0 Å². The number of aryl methyl sites for hydroxylation is 2. The van der Waals surface area contributed by atoms with Gasteiger partial charge in [0.05, 0.1) is 4.90 Å². The zero-order valence-corrected chi connectivity index (χ0v) is 20.2. The maximum Gasteiger partial charge on any atom is 0.262 e. The number of anilines is 1. The third-order valence-electron chi connectivity index (χ3n) is 6.03. The standard InChI is InChI=1S/C26H25N3O5S/c1-16-17(2)28-23-8-6-18(12-22(16)23)15-27-26(30)19-4-3-5-20(13-19)29-35(31,32)21-7-9-24-25(14-21)34-11-10-33-24/h3-9,12-14,28-29H,10-11,15H2,1-2H3,(H,27,30). The van der Waals surface area contributed by atoms with Crippen LogP contribution in [0.3, 0.4) is 0 Å². The first-order chi connectivity index (χ1) is 16.8. The summed E-state index contributed by atoms with van der Waals surface area (Å²) in [6.07, 6.45) is 0. The summed E-state index contributed by atoms with van der Waals surface area (Å²) < 4.78 is 39.3. The van der Waals surface area contributed by atoms with Crippen LogP contribution in [0.25, 0.3) is 10.9 Å². The molecule has 0 spiro atoms. The summed E-state index contributed by atoms with van der Waals surface area (Å²) in [6, 6.07) is 16.9. The van der Waals surface area contributed by atoms with Gasteiger partial charge in [-0.2, -0.15) is 0 Å². The summed E-state index contributed by atoms with van der Waals surface area (Å²) in [7, 11) is -3.89. The lowest BCUT2D eigenvalue weighted by molar-refractivity contribution is 0.0951. The third-order valence-corrected chi connectivity index (χ3v) is 7.41. The topological polar surface area (TPSA) is 110 Å². The number of rotatable bonds is 6. The normalized spacial score (nSPS) is 13.0. The second-order valence-electron chi connectivity index (χ2n) is 8.43. The van der Waals surface area contributed by atoms with Gasteiger partial charge in [0.25, 0.3) is 15.9 Å². The lowest BCUT2D eigenvalue weighted by Crippen LogP contribution is -2.23.